The molecule has 0 radical (unpaired) electrons. The van der Waals surface area contributed by atoms with Gasteiger partial charge < -0.3 is 24.4 Å². The lowest BCUT2D eigenvalue weighted by Gasteiger charge is -2.32. The molecule has 2 aromatic heterocycles. The second-order valence-corrected chi connectivity index (χ2v) is 9.81. The van der Waals surface area contributed by atoms with Crippen molar-refractivity contribution in [2.45, 2.75) is 38.6 Å². The number of aliphatic hydroxyl groups is 1. The van der Waals surface area contributed by atoms with Gasteiger partial charge in [0, 0.05) is 54.8 Å². The molecule has 9 heteroatoms. The Morgan fingerprint density at radius 2 is 1.91 bits per heavy atom. The zero-order valence-corrected chi connectivity index (χ0v) is 19.9. The van der Waals surface area contributed by atoms with E-state index in [0.29, 0.717) is 35.6 Å². The fourth-order valence-corrected chi connectivity index (χ4v) is 5.50. The smallest absolute Gasteiger partial charge is 0.343 e. The van der Waals surface area contributed by atoms with Gasteiger partial charge in [-0.05, 0) is 37.7 Å². The number of ether oxygens (including phenoxy) is 1. The second-order valence-electron chi connectivity index (χ2n) is 9.81. The van der Waals surface area contributed by atoms with Crippen LogP contribution in [0.5, 0.6) is 5.75 Å². The van der Waals surface area contributed by atoms with E-state index >= 15 is 0 Å². The van der Waals surface area contributed by atoms with Gasteiger partial charge in [-0.2, -0.15) is 0 Å². The maximum absolute atomic E-state index is 13.4. The Labute approximate surface area is 202 Å². The van der Waals surface area contributed by atoms with Gasteiger partial charge in [0.2, 0.25) is 0 Å². The van der Waals surface area contributed by atoms with E-state index in [2.05, 4.69) is 16.8 Å². The molecule has 0 amide bonds. The molecule has 0 bridgehead atoms. The van der Waals surface area contributed by atoms with E-state index < -0.39 is 11.6 Å². The number of pyridine rings is 2. The number of hydrogen-bond acceptors (Lipinski definition) is 8. The number of hydrogen-bond donors (Lipinski definition) is 2. The third-order valence-corrected chi connectivity index (χ3v) is 7.76. The lowest BCUT2D eigenvalue weighted by atomic mass is 9.86. The number of fused-ring (bicyclic) bond motifs is 5. The summed E-state index contributed by atoms with van der Waals surface area (Å²) in [4.78, 5) is 35.3. The first-order chi connectivity index (χ1) is 16.8. The summed E-state index contributed by atoms with van der Waals surface area (Å²) in [7, 11) is 2.11. The number of rotatable bonds is 3. The molecule has 0 aliphatic carbocycles. The predicted octanol–water partition coefficient (Wildman–Crippen LogP) is 1.53. The quantitative estimate of drug-likeness (QED) is 0.429. The van der Waals surface area contributed by atoms with Crippen molar-refractivity contribution in [1.82, 2.24) is 19.4 Å². The molecule has 3 aromatic rings. The average molecular weight is 477 g/mol. The molecule has 5 heterocycles. The highest BCUT2D eigenvalue weighted by Crippen LogP contribution is 2.39. The van der Waals surface area contributed by atoms with Gasteiger partial charge >= 0.3 is 5.97 Å². The molecule has 9 nitrogen and oxygen atoms in total. The summed E-state index contributed by atoms with van der Waals surface area (Å²) in [6.45, 7) is 6.33. The first-order valence-electron chi connectivity index (χ1n) is 12.0. The molecule has 2 N–H and O–H groups in total. The molecular formula is C26H28N4O5. The number of carbonyl (C=O) groups excluding carboxylic acids is 1. The van der Waals surface area contributed by atoms with Gasteiger partial charge in [-0.25, -0.2) is 9.78 Å². The number of nitrogens with zero attached hydrogens (tertiary/aromatic N) is 4. The summed E-state index contributed by atoms with van der Waals surface area (Å²) >= 11 is 0. The van der Waals surface area contributed by atoms with Crippen LogP contribution >= 0.6 is 0 Å². The van der Waals surface area contributed by atoms with Crippen LogP contribution in [0.2, 0.25) is 0 Å². The van der Waals surface area contributed by atoms with Gasteiger partial charge in [0.15, 0.2) is 5.60 Å². The van der Waals surface area contributed by atoms with Crippen molar-refractivity contribution < 1.29 is 19.7 Å². The van der Waals surface area contributed by atoms with E-state index in [1.807, 2.05) is 6.07 Å². The molecular weight excluding hydrogens is 448 g/mol. The van der Waals surface area contributed by atoms with Crippen LogP contribution in [0, 0.1) is 0 Å². The fourth-order valence-electron chi connectivity index (χ4n) is 5.50. The molecule has 1 atom stereocenters. The Balaban J connectivity index is 1.47. The minimum absolute atomic E-state index is 0.106. The molecule has 3 aliphatic rings. The van der Waals surface area contributed by atoms with E-state index in [-0.39, 0.29) is 24.3 Å². The highest BCUT2D eigenvalue weighted by Gasteiger charge is 2.45. The Bertz CT molecular complexity index is 1440. The van der Waals surface area contributed by atoms with Crippen molar-refractivity contribution in [2.24, 2.45) is 0 Å². The highest BCUT2D eigenvalue weighted by molar-refractivity contribution is 5.89. The topological polar surface area (TPSA) is 108 Å². The summed E-state index contributed by atoms with van der Waals surface area (Å²) in [5.74, 6) is -0.490. The number of cyclic esters (lactones) is 1. The number of piperazine rings is 1. The number of carbonyl (C=O) groups is 1. The van der Waals surface area contributed by atoms with Crippen LogP contribution in [0.4, 0.5) is 0 Å². The van der Waals surface area contributed by atoms with Gasteiger partial charge in [-0.3, -0.25) is 9.69 Å². The molecule has 1 fully saturated rings. The van der Waals surface area contributed by atoms with Crippen molar-refractivity contribution in [3.8, 4) is 17.1 Å². The predicted molar refractivity (Wildman–Crippen MR) is 129 cm³/mol. The monoisotopic (exact) mass is 476 g/mol. The van der Waals surface area contributed by atoms with Gasteiger partial charge in [0.05, 0.1) is 29.0 Å². The number of aromatic nitrogens is 2. The Hall–Kier alpha value is -3.27. The van der Waals surface area contributed by atoms with Crippen LogP contribution in [0.25, 0.3) is 22.3 Å². The van der Waals surface area contributed by atoms with Gasteiger partial charge in [0.1, 0.15) is 12.4 Å². The van der Waals surface area contributed by atoms with Gasteiger partial charge in [-0.15, -0.1) is 0 Å². The average Bonchev–Trinajstić information content (AvgIpc) is 3.21. The van der Waals surface area contributed by atoms with E-state index in [9.17, 15) is 19.8 Å². The summed E-state index contributed by atoms with van der Waals surface area (Å²) in [5, 5.41) is 22.6. The van der Waals surface area contributed by atoms with Gasteiger partial charge in [-0.1, -0.05) is 6.92 Å². The minimum atomic E-state index is -1.84. The van der Waals surface area contributed by atoms with E-state index in [0.717, 1.165) is 48.2 Å². The van der Waals surface area contributed by atoms with Crippen LogP contribution in [0.3, 0.4) is 0 Å². The van der Waals surface area contributed by atoms with Crippen LogP contribution in [-0.2, 0) is 34.8 Å². The van der Waals surface area contributed by atoms with Crippen molar-refractivity contribution in [3.63, 3.8) is 0 Å². The number of esters is 1. The highest BCUT2D eigenvalue weighted by atomic mass is 16.6. The summed E-state index contributed by atoms with van der Waals surface area (Å²) < 4.78 is 6.78. The number of benzene rings is 1. The minimum Gasteiger partial charge on any atom is -0.508 e. The molecule has 6 rings (SSSR count). The fraction of sp³-hybridized carbons (Fsp3) is 0.423. The summed E-state index contributed by atoms with van der Waals surface area (Å²) in [6.07, 6.45) is 0.106. The molecule has 182 valence electrons. The van der Waals surface area contributed by atoms with Crippen LogP contribution in [-0.4, -0.2) is 68.8 Å². The van der Waals surface area contributed by atoms with E-state index in [1.165, 1.54) is 0 Å². The molecule has 0 spiro atoms. The third kappa shape index (κ3) is 3.30. The van der Waals surface area contributed by atoms with Crippen LogP contribution < -0.4 is 5.56 Å². The molecule has 1 aromatic carbocycles. The standard InChI is InChI=1S/C26H28N4O5/c1-3-26(34)19-11-21-23-15(12-30(21)24(32)18(19)14-35-25(26)33)10-16-17(22(31)5-4-20(16)27-23)13-29-8-6-28(2)7-9-29/h4-5,10-11,31,34H,3,6-9,12-14H2,1-2H3. The number of phenolic OH excluding ortho intramolecular Hbond substituents is 1. The lowest BCUT2D eigenvalue weighted by Crippen LogP contribution is -2.44. The van der Waals surface area contributed by atoms with Crippen molar-refractivity contribution in [3.05, 3.63) is 56.9 Å². The lowest BCUT2D eigenvalue weighted by molar-refractivity contribution is -0.172. The maximum atomic E-state index is 13.4. The number of likely N-dealkylation sites (N-methyl/N-ethyl adjacent to an activating group) is 1. The van der Waals surface area contributed by atoms with E-state index in [4.69, 9.17) is 9.72 Å². The van der Waals surface area contributed by atoms with Crippen LogP contribution in [0.1, 0.15) is 35.6 Å². The molecule has 35 heavy (non-hydrogen) atoms. The van der Waals surface area contributed by atoms with Crippen molar-refractivity contribution >= 4 is 16.9 Å². The van der Waals surface area contributed by atoms with Crippen molar-refractivity contribution in [2.75, 3.05) is 33.2 Å². The molecule has 1 saturated heterocycles. The molecule has 3 aliphatic heterocycles. The zero-order valence-electron chi connectivity index (χ0n) is 19.9. The molecule has 1 unspecified atom stereocenters. The maximum Gasteiger partial charge on any atom is 0.343 e. The molecule has 0 saturated carbocycles. The Kier molecular flexibility index (Phi) is 5.00. The third-order valence-electron chi connectivity index (χ3n) is 7.76. The Morgan fingerprint density at radius 3 is 2.66 bits per heavy atom. The van der Waals surface area contributed by atoms with E-state index in [1.54, 1.807) is 29.7 Å². The van der Waals surface area contributed by atoms with Crippen LogP contribution in [0.15, 0.2) is 29.1 Å². The first kappa shape index (κ1) is 22.2. The normalized spacial score (nSPS) is 22.1. The second kappa shape index (κ2) is 7.87. The summed E-state index contributed by atoms with van der Waals surface area (Å²) in [5.41, 5.74) is 2.18. The first-order valence-corrected chi connectivity index (χ1v) is 12.0. The largest absolute Gasteiger partial charge is 0.508 e. The van der Waals surface area contributed by atoms with Gasteiger partial charge in [0.25, 0.3) is 5.56 Å². The summed E-state index contributed by atoms with van der Waals surface area (Å²) in [6, 6.07) is 7.20. The van der Waals surface area contributed by atoms with Crippen molar-refractivity contribution in [1.29, 1.82) is 0 Å². The number of phenols is 1. The Morgan fingerprint density at radius 1 is 1.14 bits per heavy atom. The zero-order chi connectivity index (χ0) is 24.5. The SMILES string of the molecule is CCC1(O)C(=O)OCc2c1cc1n(c2=O)Cc2cc3c(CN4CCN(C)CC4)c(O)ccc3nc2-1. The number of aromatic hydroxyl groups is 1.